The summed E-state index contributed by atoms with van der Waals surface area (Å²) in [5.41, 5.74) is 0.655. The average molecular weight is 298 g/mol. The van der Waals surface area contributed by atoms with E-state index in [1.54, 1.807) is 6.07 Å². The van der Waals surface area contributed by atoms with Crippen LogP contribution in [0.4, 0.5) is 11.4 Å². The molecule has 0 unspecified atom stereocenters. The van der Waals surface area contributed by atoms with Gasteiger partial charge in [-0.3, -0.25) is 10.1 Å². The predicted molar refractivity (Wildman–Crippen MR) is 75.6 cm³/mol. The van der Waals surface area contributed by atoms with Crippen molar-refractivity contribution in [2.75, 3.05) is 11.4 Å². The molecule has 1 aliphatic heterocycles. The molecule has 1 heterocycles. The van der Waals surface area contributed by atoms with E-state index in [4.69, 9.17) is 16.9 Å². The van der Waals surface area contributed by atoms with Crippen LogP contribution in [0.3, 0.4) is 0 Å². The Labute approximate surface area is 120 Å². The van der Waals surface area contributed by atoms with Crippen LogP contribution in [0, 0.1) is 20.8 Å². The second-order valence-corrected chi connectivity index (χ2v) is 5.64. The lowest BCUT2D eigenvalue weighted by molar-refractivity contribution is -0.387. The van der Waals surface area contributed by atoms with E-state index in [1.807, 2.05) is 5.40 Å². The highest BCUT2D eigenvalue weighted by molar-refractivity contribution is 8.03. The monoisotopic (exact) mass is 297 g/mol. The van der Waals surface area contributed by atoms with Gasteiger partial charge in [0.15, 0.2) is 0 Å². The largest absolute Gasteiger partial charge is 0.368 e. The standard InChI is InChI=1S/C12H12ClN3O2S/c1-8-3-2-4-15(8)10-6-12(19-7-14)11(16(17)18)5-9(10)13/h5-6,8H,2-4H2,1H3/t8-/m1/s1. The van der Waals surface area contributed by atoms with Gasteiger partial charge in [0.2, 0.25) is 0 Å². The molecule has 0 aliphatic carbocycles. The quantitative estimate of drug-likeness (QED) is 0.367. The molecular weight excluding hydrogens is 286 g/mol. The van der Waals surface area contributed by atoms with Crippen molar-refractivity contribution in [1.82, 2.24) is 0 Å². The van der Waals surface area contributed by atoms with Gasteiger partial charge in [0, 0.05) is 18.7 Å². The number of hydrogen-bond donors (Lipinski definition) is 0. The smallest absolute Gasteiger partial charge is 0.285 e. The van der Waals surface area contributed by atoms with Crippen LogP contribution in [0.25, 0.3) is 0 Å². The number of nitro benzene ring substituents is 1. The van der Waals surface area contributed by atoms with Crippen molar-refractivity contribution < 1.29 is 4.92 Å². The van der Waals surface area contributed by atoms with Gasteiger partial charge in [-0.25, -0.2) is 0 Å². The van der Waals surface area contributed by atoms with Crippen molar-refractivity contribution in [3.8, 4) is 5.40 Å². The van der Waals surface area contributed by atoms with E-state index in [0.29, 0.717) is 16.0 Å². The van der Waals surface area contributed by atoms with Crippen LogP contribution in [-0.4, -0.2) is 17.5 Å². The minimum absolute atomic E-state index is 0.118. The molecule has 7 heteroatoms. The van der Waals surface area contributed by atoms with Gasteiger partial charge in [0.05, 0.1) is 15.6 Å². The Morgan fingerprint density at radius 2 is 2.37 bits per heavy atom. The first-order valence-corrected chi connectivity index (χ1v) is 7.04. The maximum absolute atomic E-state index is 11.0. The van der Waals surface area contributed by atoms with E-state index < -0.39 is 4.92 Å². The van der Waals surface area contributed by atoms with Gasteiger partial charge in [0.1, 0.15) is 10.3 Å². The van der Waals surface area contributed by atoms with Crippen molar-refractivity contribution >= 4 is 34.7 Å². The summed E-state index contributed by atoms with van der Waals surface area (Å²) in [4.78, 5) is 12.9. The Hall–Kier alpha value is -1.45. The van der Waals surface area contributed by atoms with Crippen molar-refractivity contribution in [2.24, 2.45) is 0 Å². The molecule has 1 aromatic carbocycles. The molecule has 0 saturated carbocycles. The van der Waals surface area contributed by atoms with Crippen molar-refractivity contribution in [1.29, 1.82) is 5.26 Å². The Morgan fingerprint density at radius 3 is 2.89 bits per heavy atom. The Kier molecular flexibility index (Phi) is 4.17. The van der Waals surface area contributed by atoms with Crippen LogP contribution < -0.4 is 4.90 Å². The van der Waals surface area contributed by atoms with Gasteiger partial charge < -0.3 is 4.90 Å². The summed E-state index contributed by atoms with van der Waals surface area (Å²) in [6.45, 7) is 2.98. The van der Waals surface area contributed by atoms with E-state index in [9.17, 15) is 10.1 Å². The molecule has 1 aliphatic rings. The second kappa shape index (κ2) is 5.68. The number of nitrogens with zero attached hydrogens (tertiary/aromatic N) is 3. The summed E-state index contributed by atoms with van der Waals surface area (Å²) in [5.74, 6) is 0. The number of hydrogen-bond acceptors (Lipinski definition) is 5. The summed E-state index contributed by atoms with van der Waals surface area (Å²) in [6.07, 6.45) is 2.16. The van der Waals surface area contributed by atoms with Crippen LogP contribution in [0.15, 0.2) is 17.0 Å². The molecule has 0 radical (unpaired) electrons. The highest BCUT2D eigenvalue weighted by Crippen LogP contribution is 2.40. The SMILES string of the molecule is C[C@@H]1CCCN1c1cc(SC#N)c([N+](=O)[O-])cc1Cl. The third kappa shape index (κ3) is 2.77. The van der Waals surface area contributed by atoms with Gasteiger partial charge in [-0.05, 0) is 37.6 Å². The predicted octanol–water partition coefficient (Wildman–Crippen LogP) is 3.81. The normalized spacial score (nSPS) is 18.4. The lowest BCUT2D eigenvalue weighted by atomic mass is 10.2. The van der Waals surface area contributed by atoms with E-state index >= 15 is 0 Å². The number of nitriles is 1. The lowest BCUT2D eigenvalue weighted by Crippen LogP contribution is -2.26. The number of rotatable bonds is 3. The molecule has 5 nitrogen and oxygen atoms in total. The zero-order valence-electron chi connectivity index (χ0n) is 10.3. The first kappa shape index (κ1) is 14.0. The van der Waals surface area contributed by atoms with Gasteiger partial charge >= 0.3 is 0 Å². The summed E-state index contributed by atoms with van der Waals surface area (Å²) in [7, 11) is 0. The fourth-order valence-electron chi connectivity index (χ4n) is 2.32. The van der Waals surface area contributed by atoms with Gasteiger partial charge in [-0.2, -0.15) is 5.26 Å². The van der Waals surface area contributed by atoms with E-state index in [-0.39, 0.29) is 5.69 Å². The van der Waals surface area contributed by atoms with Gasteiger partial charge in [0.25, 0.3) is 5.69 Å². The maximum Gasteiger partial charge on any atom is 0.285 e. The van der Waals surface area contributed by atoms with Crippen molar-refractivity contribution in [2.45, 2.75) is 30.7 Å². The molecule has 0 bridgehead atoms. The van der Waals surface area contributed by atoms with Crippen molar-refractivity contribution in [3.05, 3.63) is 27.3 Å². The van der Waals surface area contributed by atoms with Gasteiger partial charge in [-0.1, -0.05) is 11.6 Å². The summed E-state index contributed by atoms with van der Waals surface area (Å²) in [5, 5.41) is 21.9. The van der Waals surface area contributed by atoms with Crippen LogP contribution in [0.5, 0.6) is 0 Å². The number of thiocyanates is 1. The van der Waals surface area contributed by atoms with Gasteiger partial charge in [-0.15, -0.1) is 0 Å². The topological polar surface area (TPSA) is 70.2 Å². The summed E-state index contributed by atoms with van der Waals surface area (Å²) in [6, 6.07) is 3.34. The molecule has 0 spiro atoms. The first-order chi connectivity index (χ1) is 9.04. The molecule has 2 rings (SSSR count). The van der Waals surface area contributed by atoms with Crippen molar-refractivity contribution in [3.63, 3.8) is 0 Å². The minimum Gasteiger partial charge on any atom is -0.368 e. The number of benzene rings is 1. The zero-order chi connectivity index (χ0) is 14.0. The number of nitro groups is 1. The molecule has 1 fully saturated rings. The zero-order valence-corrected chi connectivity index (χ0v) is 11.9. The molecule has 0 amide bonds. The second-order valence-electron chi connectivity index (χ2n) is 4.41. The molecule has 1 saturated heterocycles. The molecule has 19 heavy (non-hydrogen) atoms. The first-order valence-electron chi connectivity index (χ1n) is 5.85. The molecular formula is C12H12ClN3O2S. The number of anilines is 1. The maximum atomic E-state index is 11.0. The fraction of sp³-hybridized carbons (Fsp3) is 0.417. The summed E-state index contributed by atoms with van der Waals surface area (Å²) >= 11 is 6.94. The number of halogens is 1. The highest BCUT2D eigenvalue weighted by atomic mass is 35.5. The van der Waals surface area contributed by atoms with E-state index in [2.05, 4.69) is 11.8 Å². The molecule has 1 aromatic rings. The molecule has 0 aromatic heterocycles. The lowest BCUT2D eigenvalue weighted by Gasteiger charge is -2.25. The molecule has 100 valence electrons. The third-order valence-electron chi connectivity index (χ3n) is 3.24. The Morgan fingerprint density at radius 1 is 1.63 bits per heavy atom. The van der Waals surface area contributed by atoms with E-state index in [1.165, 1.54) is 6.07 Å². The summed E-state index contributed by atoms with van der Waals surface area (Å²) < 4.78 is 0. The average Bonchev–Trinajstić information content (AvgIpc) is 2.77. The minimum atomic E-state index is -0.511. The molecule has 0 N–H and O–H groups in total. The van der Waals surface area contributed by atoms with Crippen LogP contribution in [-0.2, 0) is 0 Å². The number of thioether (sulfide) groups is 1. The third-order valence-corrected chi connectivity index (χ3v) is 4.18. The highest BCUT2D eigenvalue weighted by Gasteiger charge is 2.26. The fourth-order valence-corrected chi connectivity index (χ4v) is 3.09. The van der Waals surface area contributed by atoms with Crippen LogP contribution >= 0.6 is 23.4 Å². The Balaban J connectivity index is 2.48. The van der Waals surface area contributed by atoms with E-state index in [0.717, 1.165) is 36.8 Å². The molecule has 1 atom stereocenters. The Bertz CT molecular complexity index is 559. The van der Waals surface area contributed by atoms with Crippen LogP contribution in [0.2, 0.25) is 5.02 Å². The van der Waals surface area contributed by atoms with Crippen LogP contribution in [0.1, 0.15) is 19.8 Å².